The Morgan fingerprint density at radius 2 is 2.35 bits per heavy atom. The van der Waals surface area contributed by atoms with Crippen LogP contribution in [0, 0.1) is 5.92 Å². The molecule has 2 atom stereocenters. The molecule has 0 bridgehead atoms. The fourth-order valence-corrected chi connectivity index (χ4v) is 2.92. The summed E-state index contributed by atoms with van der Waals surface area (Å²) in [7, 11) is 0. The molecule has 1 aromatic carbocycles. The summed E-state index contributed by atoms with van der Waals surface area (Å²) in [5, 5.41) is 7.24. The molecule has 92 valence electrons. The fraction of sp³-hybridized carbons (Fsp3) is 0.600. The van der Waals surface area contributed by atoms with E-state index in [1.54, 1.807) is 0 Å². The third kappa shape index (κ3) is 2.32. The average molecular weight is 230 g/mol. The van der Waals surface area contributed by atoms with Gasteiger partial charge in [0.05, 0.1) is 0 Å². The van der Waals surface area contributed by atoms with Gasteiger partial charge in [-0.3, -0.25) is 0 Å². The molecule has 0 radical (unpaired) electrons. The predicted octanol–water partition coefficient (Wildman–Crippen LogP) is 2.93. The number of hydrogen-bond donors (Lipinski definition) is 2. The highest BCUT2D eigenvalue weighted by atomic mass is 15.0. The number of fused-ring (bicyclic) bond motifs is 1. The molecule has 2 aliphatic rings. The minimum Gasteiger partial charge on any atom is -0.385 e. The van der Waals surface area contributed by atoms with Crippen LogP contribution in [0.4, 0.5) is 5.69 Å². The maximum atomic E-state index is 3.68. The molecular formula is C15H22N2. The van der Waals surface area contributed by atoms with Gasteiger partial charge in [0, 0.05) is 24.8 Å². The number of hydrogen-bond acceptors (Lipinski definition) is 2. The van der Waals surface area contributed by atoms with Gasteiger partial charge in [-0.2, -0.15) is 0 Å². The first-order chi connectivity index (χ1) is 8.38. The summed E-state index contributed by atoms with van der Waals surface area (Å²) in [5.41, 5.74) is 4.35. The van der Waals surface area contributed by atoms with E-state index in [0.717, 1.165) is 25.0 Å². The Hall–Kier alpha value is -1.02. The van der Waals surface area contributed by atoms with Gasteiger partial charge >= 0.3 is 0 Å². The van der Waals surface area contributed by atoms with E-state index in [2.05, 4.69) is 35.8 Å². The molecule has 0 saturated heterocycles. The van der Waals surface area contributed by atoms with Crippen molar-refractivity contribution in [3.8, 4) is 0 Å². The standard InChI is InChI=1S/C15H22N2/c1-2-11-9-14(11)17-10-13-6-3-5-12-7-4-8-16-15(12)13/h3,5-6,11,14,16-17H,2,4,7-10H2,1H3. The molecule has 2 N–H and O–H groups in total. The van der Waals surface area contributed by atoms with E-state index in [0.29, 0.717) is 0 Å². The Labute approximate surface area is 104 Å². The van der Waals surface area contributed by atoms with Crippen LogP contribution in [0.3, 0.4) is 0 Å². The van der Waals surface area contributed by atoms with Crippen molar-refractivity contribution in [3.05, 3.63) is 29.3 Å². The normalized spacial score (nSPS) is 26.2. The first-order valence-corrected chi connectivity index (χ1v) is 6.96. The van der Waals surface area contributed by atoms with E-state index in [9.17, 15) is 0 Å². The predicted molar refractivity (Wildman–Crippen MR) is 72.3 cm³/mol. The quantitative estimate of drug-likeness (QED) is 0.831. The van der Waals surface area contributed by atoms with Crippen molar-refractivity contribution >= 4 is 5.69 Å². The summed E-state index contributed by atoms with van der Waals surface area (Å²) in [6.45, 7) is 4.45. The van der Waals surface area contributed by atoms with Crippen LogP contribution in [0.25, 0.3) is 0 Å². The molecule has 2 heteroatoms. The van der Waals surface area contributed by atoms with Crippen LogP contribution in [0.1, 0.15) is 37.3 Å². The van der Waals surface area contributed by atoms with E-state index in [1.165, 1.54) is 42.5 Å². The van der Waals surface area contributed by atoms with Gasteiger partial charge in [0.2, 0.25) is 0 Å². The zero-order valence-electron chi connectivity index (χ0n) is 10.6. The highest BCUT2D eigenvalue weighted by molar-refractivity contribution is 5.59. The molecule has 17 heavy (non-hydrogen) atoms. The second-order valence-electron chi connectivity index (χ2n) is 5.37. The highest BCUT2D eigenvalue weighted by Crippen LogP contribution is 2.34. The first kappa shape index (κ1) is 11.1. The average Bonchev–Trinajstić information content (AvgIpc) is 3.15. The molecular weight excluding hydrogens is 208 g/mol. The Morgan fingerprint density at radius 3 is 3.18 bits per heavy atom. The molecule has 1 heterocycles. The Balaban J connectivity index is 1.66. The number of para-hydroxylation sites is 1. The van der Waals surface area contributed by atoms with E-state index in [4.69, 9.17) is 0 Å². The maximum Gasteiger partial charge on any atom is 0.0418 e. The molecule has 2 nitrogen and oxygen atoms in total. The summed E-state index contributed by atoms with van der Waals surface area (Å²) in [4.78, 5) is 0. The van der Waals surface area contributed by atoms with Crippen molar-refractivity contribution in [2.24, 2.45) is 5.92 Å². The SMILES string of the molecule is CCC1CC1NCc1cccc2c1NCCC2. The smallest absolute Gasteiger partial charge is 0.0418 e. The van der Waals surface area contributed by atoms with Gasteiger partial charge in [0.15, 0.2) is 0 Å². The summed E-state index contributed by atoms with van der Waals surface area (Å²) in [6.07, 6.45) is 5.20. The van der Waals surface area contributed by atoms with Gasteiger partial charge in [-0.15, -0.1) is 0 Å². The van der Waals surface area contributed by atoms with E-state index >= 15 is 0 Å². The van der Waals surface area contributed by atoms with Gasteiger partial charge < -0.3 is 10.6 Å². The molecule has 1 fully saturated rings. The number of anilines is 1. The minimum atomic E-state index is 0.777. The lowest BCUT2D eigenvalue weighted by Gasteiger charge is -2.21. The first-order valence-electron chi connectivity index (χ1n) is 6.96. The van der Waals surface area contributed by atoms with Crippen LogP contribution in [0.2, 0.25) is 0 Å². The van der Waals surface area contributed by atoms with Crippen molar-refractivity contribution in [3.63, 3.8) is 0 Å². The van der Waals surface area contributed by atoms with Crippen molar-refractivity contribution < 1.29 is 0 Å². The number of nitrogens with one attached hydrogen (secondary N) is 2. The largest absolute Gasteiger partial charge is 0.385 e. The van der Waals surface area contributed by atoms with Crippen LogP contribution in [0.15, 0.2) is 18.2 Å². The molecule has 3 rings (SSSR count). The van der Waals surface area contributed by atoms with Gasteiger partial charge in [-0.05, 0) is 36.3 Å². The van der Waals surface area contributed by atoms with Crippen LogP contribution in [-0.4, -0.2) is 12.6 Å². The third-order valence-electron chi connectivity index (χ3n) is 4.16. The molecule has 1 aromatic rings. The highest BCUT2D eigenvalue weighted by Gasteiger charge is 2.34. The van der Waals surface area contributed by atoms with Crippen molar-refractivity contribution in [2.45, 2.75) is 45.2 Å². The molecule has 0 spiro atoms. The third-order valence-corrected chi connectivity index (χ3v) is 4.16. The number of benzene rings is 1. The monoisotopic (exact) mass is 230 g/mol. The summed E-state index contributed by atoms with van der Waals surface area (Å²) in [6, 6.07) is 7.50. The Morgan fingerprint density at radius 1 is 1.41 bits per heavy atom. The second-order valence-corrected chi connectivity index (χ2v) is 5.37. The minimum absolute atomic E-state index is 0.777. The van der Waals surface area contributed by atoms with E-state index < -0.39 is 0 Å². The van der Waals surface area contributed by atoms with Crippen molar-refractivity contribution in [1.29, 1.82) is 0 Å². The van der Waals surface area contributed by atoms with Crippen LogP contribution < -0.4 is 10.6 Å². The van der Waals surface area contributed by atoms with Crippen LogP contribution in [-0.2, 0) is 13.0 Å². The topological polar surface area (TPSA) is 24.1 Å². The Bertz CT molecular complexity index is 400. The van der Waals surface area contributed by atoms with Gasteiger partial charge in [-0.25, -0.2) is 0 Å². The molecule has 0 aromatic heterocycles. The van der Waals surface area contributed by atoms with E-state index in [1.807, 2.05) is 0 Å². The van der Waals surface area contributed by atoms with Crippen LogP contribution >= 0.6 is 0 Å². The van der Waals surface area contributed by atoms with Gasteiger partial charge in [-0.1, -0.05) is 31.5 Å². The van der Waals surface area contributed by atoms with Gasteiger partial charge in [0.25, 0.3) is 0 Å². The summed E-state index contributed by atoms with van der Waals surface area (Å²) >= 11 is 0. The lowest BCUT2D eigenvalue weighted by atomic mass is 9.99. The van der Waals surface area contributed by atoms with Gasteiger partial charge in [0.1, 0.15) is 0 Å². The lowest BCUT2D eigenvalue weighted by Crippen LogP contribution is -2.20. The zero-order chi connectivity index (χ0) is 11.7. The van der Waals surface area contributed by atoms with Crippen molar-refractivity contribution in [1.82, 2.24) is 5.32 Å². The molecule has 0 amide bonds. The maximum absolute atomic E-state index is 3.68. The number of rotatable bonds is 4. The number of aryl methyl sites for hydroxylation is 1. The molecule has 2 unspecified atom stereocenters. The second kappa shape index (κ2) is 4.69. The molecule has 1 aliphatic carbocycles. The molecule has 1 aliphatic heterocycles. The Kier molecular flexibility index (Phi) is 3.06. The summed E-state index contributed by atoms with van der Waals surface area (Å²) < 4.78 is 0. The van der Waals surface area contributed by atoms with E-state index in [-0.39, 0.29) is 0 Å². The van der Waals surface area contributed by atoms with Crippen molar-refractivity contribution in [2.75, 3.05) is 11.9 Å². The lowest BCUT2D eigenvalue weighted by molar-refractivity contribution is 0.622. The summed E-state index contributed by atoms with van der Waals surface area (Å²) in [5.74, 6) is 0.933. The van der Waals surface area contributed by atoms with Crippen LogP contribution in [0.5, 0.6) is 0 Å². The molecule has 1 saturated carbocycles. The fourth-order valence-electron chi connectivity index (χ4n) is 2.92. The zero-order valence-corrected chi connectivity index (χ0v) is 10.6.